The average Bonchev–Trinajstić information content (AvgIpc) is 3.78. The topological polar surface area (TPSA) is 56.7 Å². The van der Waals surface area contributed by atoms with Crippen LogP contribution in [-0.4, -0.2) is 19.5 Å². The van der Waals surface area contributed by atoms with E-state index in [0.717, 1.165) is 44.6 Å². The molecular weight excluding hydrogens is 793 g/mol. The number of hydrogen-bond donors (Lipinski definition) is 0. The quantitative estimate of drug-likeness (QED) is 0.132. The molecule has 0 bridgehead atoms. The Kier molecular flexibility index (Phi) is 8.25. The van der Waals surface area contributed by atoms with Gasteiger partial charge in [0.2, 0.25) is 0 Å². The summed E-state index contributed by atoms with van der Waals surface area (Å²) in [7, 11) is 1.99. The van der Waals surface area contributed by atoms with Crippen molar-refractivity contribution in [3.8, 4) is 33.8 Å². The molecule has 4 heterocycles. The van der Waals surface area contributed by atoms with E-state index < -0.39 is 0 Å². The predicted octanol–water partition coefficient (Wildman–Crippen LogP) is 10.9. The molecule has 241 valence electrons. The number of pyridine rings is 2. The standard InChI is InChI=1S/C24H15N2O.C20H13N2.Ir/c1-26-12-11-25-24(26)19-8-4-7-18-22-20-14-16-6-3-2-5-15(16)13-17(20)9-10-21(22)27-23(18)19;1-2-11-22-20(6-1)19-5-3-4-17-14-16(7-8-18(17)19)15-9-12-21-13-10-15;/h2-7,9-14H,1H3;1-4,6-14H;/q2*-1;. The van der Waals surface area contributed by atoms with Gasteiger partial charge in [-0.25, -0.2) is 0 Å². The zero-order chi connectivity index (χ0) is 32.7. The van der Waals surface area contributed by atoms with Crippen LogP contribution in [0.3, 0.4) is 0 Å². The molecule has 0 spiro atoms. The fourth-order valence-electron chi connectivity index (χ4n) is 6.69. The van der Waals surface area contributed by atoms with E-state index in [-0.39, 0.29) is 20.1 Å². The number of furan rings is 1. The van der Waals surface area contributed by atoms with Gasteiger partial charge in [0.15, 0.2) is 0 Å². The van der Waals surface area contributed by atoms with Gasteiger partial charge in [-0.3, -0.25) is 9.97 Å². The maximum Gasteiger partial charge on any atom is 0.121 e. The number of aromatic nitrogens is 4. The molecule has 10 aromatic rings. The first-order valence-corrected chi connectivity index (χ1v) is 16.1. The van der Waals surface area contributed by atoms with Crippen LogP contribution in [0, 0.1) is 12.1 Å². The van der Waals surface area contributed by atoms with Gasteiger partial charge < -0.3 is 14.0 Å². The fraction of sp³-hybridized carbons (Fsp3) is 0.0227. The number of nitrogens with zero attached hydrogens (tertiary/aromatic N) is 4. The molecular formula is C44H28IrN4O-2. The van der Waals surface area contributed by atoms with Gasteiger partial charge in [0, 0.05) is 63.5 Å². The van der Waals surface area contributed by atoms with Gasteiger partial charge in [-0.05, 0) is 74.8 Å². The predicted molar refractivity (Wildman–Crippen MR) is 199 cm³/mol. The summed E-state index contributed by atoms with van der Waals surface area (Å²) in [6.07, 6.45) is 9.18. The molecule has 0 aliphatic rings. The second kappa shape index (κ2) is 13.2. The molecule has 0 fully saturated rings. The summed E-state index contributed by atoms with van der Waals surface area (Å²) < 4.78 is 8.29. The van der Waals surface area contributed by atoms with Crippen molar-refractivity contribution in [2.24, 2.45) is 7.05 Å². The molecule has 4 aromatic heterocycles. The summed E-state index contributed by atoms with van der Waals surface area (Å²) in [4.78, 5) is 13.0. The van der Waals surface area contributed by atoms with Gasteiger partial charge in [0.1, 0.15) is 5.58 Å². The maximum atomic E-state index is 6.30. The molecule has 0 unspecified atom stereocenters. The first-order chi connectivity index (χ1) is 24.2. The minimum Gasteiger partial charge on any atom is -0.501 e. The molecule has 0 saturated heterocycles. The zero-order valence-electron chi connectivity index (χ0n) is 27.0. The monoisotopic (exact) mass is 821 g/mol. The summed E-state index contributed by atoms with van der Waals surface area (Å²) in [5, 5.41) is 9.52. The van der Waals surface area contributed by atoms with E-state index in [2.05, 4.69) is 106 Å². The molecule has 0 amide bonds. The van der Waals surface area contributed by atoms with E-state index in [9.17, 15) is 0 Å². The Morgan fingerprint density at radius 3 is 2.16 bits per heavy atom. The molecule has 1 radical (unpaired) electrons. The minimum atomic E-state index is 0. The van der Waals surface area contributed by atoms with Crippen LogP contribution in [0.1, 0.15) is 0 Å². The SMILES string of the molecule is Cn1ccnc1-c1[c-]ccc2c1oc1ccc3cc4ccccc4cc3c12.[Ir].[c-]1ccc2cc(-c3ccncc3)ccc2c1-c1ccccn1. The van der Waals surface area contributed by atoms with Crippen LogP contribution in [0.15, 0.2) is 157 Å². The van der Waals surface area contributed by atoms with Crippen LogP contribution < -0.4 is 0 Å². The second-order valence-electron chi connectivity index (χ2n) is 12.0. The number of benzene rings is 6. The Hall–Kier alpha value is -5.94. The normalized spacial score (nSPS) is 11.1. The summed E-state index contributed by atoms with van der Waals surface area (Å²) in [6, 6.07) is 48.4. The number of fused-ring (bicyclic) bond motifs is 7. The number of imidazole rings is 1. The zero-order valence-corrected chi connectivity index (χ0v) is 29.4. The van der Waals surface area contributed by atoms with Crippen molar-refractivity contribution in [2.45, 2.75) is 0 Å². The fourth-order valence-corrected chi connectivity index (χ4v) is 6.69. The smallest absolute Gasteiger partial charge is 0.121 e. The van der Waals surface area contributed by atoms with Gasteiger partial charge in [-0.2, -0.15) is 0 Å². The Bertz CT molecular complexity index is 2790. The Labute approximate surface area is 302 Å². The molecule has 0 aliphatic carbocycles. The van der Waals surface area contributed by atoms with Gasteiger partial charge in [0.25, 0.3) is 0 Å². The third-order valence-electron chi connectivity index (χ3n) is 9.07. The molecule has 10 rings (SSSR count). The summed E-state index contributed by atoms with van der Waals surface area (Å²) in [6.45, 7) is 0. The van der Waals surface area contributed by atoms with Crippen molar-refractivity contribution in [3.05, 3.63) is 164 Å². The minimum absolute atomic E-state index is 0. The molecule has 6 heteroatoms. The summed E-state index contributed by atoms with van der Waals surface area (Å²) >= 11 is 0. The van der Waals surface area contributed by atoms with E-state index in [1.165, 1.54) is 43.4 Å². The Morgan fingerprint density at radius 1 is 0.580 bits per heavy atom. The molecule has 0 atom stereocenters. The van der Waals surface area contributed by atoms with Crippen LogP contribution in [0.2, 0.25) is 0 Å². The summed E-state index contributed by atoms with van der Waals surface area (Å²) in [5.41, 5.74) is 6.97. The van der Waals surface area contributed by atoms with Crippen LogP contribution in [-0.2, 0) is 27.2 Å². The second-order valence-corrected chi connectivity index (χ2v) is 12.0. The van der Waals surface area contributed by atoms with E-state index in [1.54, 1.807) is 6.20 Å². The maximum absolute atomic E-state index is 6.30. The average molecular weight is 821 g/mol. The van der Waals surface area contributed by atoms with Crippen molar-refractivity contribution in [3.63, 3.8) is 0 Å². The van der Waals surface area contributed by atoms with E-state index >= 15 is 0 Å². The molecule has 0 saturated carbocycles. The molecule has 0 N–H and O–H groups in total. The molecule has 6 aromatic carbocycles. The van der Waals surface area contributed by atoms with Gasteiger partial charge in [0.05, 0.1) is 11.4 Å². The first-order valence-electron chi connectivity index (χ1n) is 16.1. The number of aryl methyl sites for hydroxylation is 1. The van der Waals surface area contributed by atoms with Crippen molar-refractivity contribution >= 4 is 54.3 Å². The van der Waals surface area contributed by atoms with Crippen molar-refractivity contribution in [1.82, 2.24) is 19.5 Å². The van der Waals surface area contributed by atoms with Crippen LogP contribution in [0.25, 0.3) is 88.0 Å². The summed E-state index contributed by atoms with van der Waals surface area (Å²) in [5.74, 6) is 0.856. The van der Waals surface area contributed by atoms with Crippen molar-refractivity contribution in [2.75, 3.05) is 0 Å². The van der Waals surface area contributed by atoms with Crippen LogP contribution in [0.4, 0.5) is 0 Å². The van der Waals surface area contributed by atoms with Crippen LogP contribution in [0.5, 0.6) is 0 Å². The van der Waals surface area contributed by atoms with Gasteiger partial charge >= 0.3 is 0 Å². The number of rotatable bonds is 3. The third kappa shape index (κ3) is 5.55. The van der Waals surface area contributed by atoms with E-state index in [4.69, 9.17) is 4.42 Å². The van der Waals surface area contributed by atoms with Gasteiger partial charge in [-0.1, -0.05) is 77.0 Å². The molecule has 5 nitrogen and oxygen atoms in total. The van der Waals surface area contributed by atoms with Gasteiger partial charge in [-0.15, -0.1) is 47.3 Å². The van der Waals surface area contributed by atoms with E-state index in [0.29, 0.717) is 0 Å². The third-order valence-corrected chi connectivity index (χ3v) is 9.07. The van der Waals surface area contributed by atoms with Crippen molar-refractivity contribution in [1.29, 1.82) is 0 Å². The van der Waals surface area contributed by atoms with E-state index in [1.807, 2.05) is 78.9 Å². The number of hydrogen-bond acceptors (Lipinski definition) is 4. The Morgan fingerprint density at radius 2 is 1.36 bits per heavy atom. The van der Waals surface area contributed by atoms with Crippen LogP contribution >= 0.6 is 0 Å². The first kappa shape index (κ1) is 31.3. The molecule has 50 heavy (non-hydrogen) atoms. The Balaban J connectivity index is 0.000000145. The largest absolute Gasteiger partial charge is 0.501 e. The molecule has 0 aliphatic heterocycles. The van der Waals surface area contributed by atoms with Crippen molar-refractivity contribution < 1.29 is 24.5 Å².